The van der Waals surface area contributed by atoms with Crippen LogP contribution in [0.2, 0.25) is 0 Å². The Hall–Kier alpha value is -0.890. The first-order valence-corrected chi connectivity index (χ1v) is 12.1. The van der Waals surface area contributed by atoms with E-state index in [1.54, 1.807) is 0 Å². The van der Waals surface area contributed by atoms with Crippen molar-refractivity contribution in [1.29, 1.82) is 0 Å². The number of hydrogen-bond donors (Lipinski definition) is 4. The average Bonchev–Trinajstić information content (AvgIpc) is 2.81. The first-order chi connectivity index (χ1) is 16.4. The number of carbonyl (C=O) groups is 1. The minimum absolute atomic E-state index is 0.164. The smallest absolute Gasteiger partial charge is 0.302 e. The summed E-state index contributed by atoms with van der Waals surface area (Å²) in [4.78, 5) is 11.9. The number of hydrogen-bond acceptors (Lipinski definition) is 11. The van der Waals surface area contributed by atoms with Crippen molar-refractivity contribution in [2.24, 2.45) is 5.41 Å². The molecule has 4 N–H and O–H groups in total. The van der Waals surface area contributed by atoms with Crippen molar-refractivity contribution in [2.45, 2.75) is 107 Å². The minimum Gasteiger partial charge on any atom is -0.462 e. The number of methoxy groups -OCH3 is 3. The van der Waals surface area contributed by atoms with Gasteiger partial charge in [-0.25, -0.2) is 0 Å². The summed E-state index contributed by atoms with van der Waals surface area (Å²) < 4.78 is 35.7. The molecule has 2 heterocycles. The zero-order valence-electron chi connectivity index (χ0n) is 21.8. The Balaban J connectivity index is 2.40. The van der Waals surface area contributed by atoms with Crippen molar-refractivity contribution in [3.8, 4) is 0 Å². The third-order valence-corrected chi connectivity index (χ3v) is 7.53. The van der Waals surface area contributed by atoms with Crippen LogP contribution in [0.25, 0.3) is 0 Å². The Bertz CT molecular complexity index is 668. The first-order valence-electron chi connectivity index (χ1n) is 12.1. The van der Waals surface area contributed by atoms with Crippen LogP contribution in [-0.4, -0.2) is 109 Å². The van der Waals surface area contributed by atoms with Crippen molar-refractivity contribution in [1.82, 2.24) is 0 Å². The number of esters is 1. The van der Waals surface area contributed by atoms with Crippen molar-refractivity contribution in [3.05, 3.63) is 0 Å². The van der Waals surface area contributed by atoms with E-state index in [-0.39, 0.29) is 32.3 Å². The van der Waals surface area contributed by atoms with E-state index in [2.05, 4.69) is 0 Å². The lowest BCUT2D eigenvalue weighted by Gasteiger charge is -2.56. The molecular formula is C24H44O11. The monoisotopic (exact) mass is 508 g/mol. The second-order valence-corrected chi connectivity index (χ2v) is 10.1. The zero-order valence-corrected chi connectivity index (χ0v) is 21.8. The average molecular weight is 509 g/mol. The standard InChI is InChI=1S/C24H44O11/c1-15(27)33-21-10-17(9-16(28)7-8-25)35-24(32-6,22(21,2)3)12-18-11-23(30-4,31-5)13-20(34-18)19(29)14-26/h16-21,25-26,28-29H,7-14H2,1-6H3/t16-,17+,18-,19-,20+,21-,24-/m0/s1. The molecule has 0 spiro atoms. The summed E-state index contributed by atoms with van der Waals surface area (Å²) in [5, 5.41) is 39.4. The van der Waals surface area contributed by atoms with Crippen LogP contribution in [0.15, 0.2) is 0 Å². The van der Waals surface area contributed by atoms with Gasteiger partial charge in [0, 0.05) is 60.5 Å². The van der Waals surface area contributed by atoms with E-state index in [0.29, 0.717) is 12.8 Å². The molecule has 11 nitrogen and oxygen atoms in total. The van der Waals surface area contributed by atoms with Crippen molar-refractivity contribution in [3.63, 3.8) is 0 Å². The minimum atomic E-state index is -1.31. The van der Waals surface area contributed by atoms with Gasteiger partial charge in [-0.15, -0.1) is 0 Å². The van der Waals surface area contributed by atoms with Crippen molar-refractivity contribution < 1.29 is 53.6 Å². The summed E-state index contributed by atoms with van der Waals surface area (Å²) in [5.41, 5.74) is -0.833. The highest BCUT2D eigenvalue weighted by molar-refractivity contribution is 5.66. The first kappa shape index (κ1) is 30.3. The summed E-state index contributed by atoms with van der Waals surface area (Å²) in [6, 6.07) is 0. The molecule has 2 fully saturated rings. The van der Waals surface area contributed by atoms with Gasteiger partial charge in [-0.3, -0.25) is 4.79 Å². The van der Waals surface area contributed by atoms with Gasteiger partial charge in [0.1, 0.15) is 12.2 Å². The fourth-order valence-electron chi connectivity index (χ4n) is 5.33. The maximum absolute atomic E-state index is 11.9. The second-order valence-electron chi connectivity index (χ2n) is 10.1. The van der Waals surface area contributed by atoms with Gasteiger partial charge in [0.15, 0.2) is 11.6 Å². The molecule has 35 heavy (non-hydrogen) atoms. The molecule has 2 saturated heterocycles. The number of carbonyl (C=O) groups excluding carboxylic acids is 1. The van der Waals surface area contributed by atoms with Crippen molar-refractivity contribution in [2.75, 3.05) is 34.5 Å². The summed E-state index contributed by atoms with van der Waals surface area (Å²) in [6.45, 7) is 4.45. The highest BCUT2D eigenvalue weighted by atomic mass is 16.7. The molecule has 0 saturated carbocycles. The zero-order chi connectivity index (χ0) is 26.4. The van der Waals surface area contributed by atoms with Gasteiger partial charge in [0.25, 0.3) is 0 Å². The molecule has 2 rings (SSSR count). The van der Waals surface area contributed by atoms with Crippen LogP contribution >= 0.6 is 0 Å². The lowest BCUT2D eigenvalue weighted by atomic mass is 9.70. The van der Waals surface area contributed by atoms with Crippen LogP contribution in [0.4, 0.5) is 0 Å². The van der Waals surface area contributed by atoms with Crippen LogP contribution in [0.3, 0.4) is 0 Å². The molecule has 0 amide bonds. The fourth-order valence-corrected chi connectivity index (χ4v) is 5.33. The van der Waals surface area contributed by atoms with Crippen LogP contribution in [0.5, 0.6) is 0 Å². The molecule has 0 aromatic heterocycles. The van der Waals surface area contributed by atoms with E-state index in [1.807, 2.05) is 13.8 Å². The highest BCUT2D eigenvalue weighted by Gasteiger charge is 2.60. The van der Waals surface area contributed by atoms with E-state index < -0.39 is 66.2 Å². The number of rotatable bonds is 12. The Morgan fingerprint density at radius 2 is 1.71 bits per heavy atom. The number of aliphatic hydroxyl groups excluding tert-OH is 4. The lowest BCUT2D eigenvalue weighted by Crippen LogP contribution is -2.64. The number of aliphatic hydroxyl groups is 4. The molecule has 0 unspecified atom stereocenters. The van der Waals surface area contributed by atoms with E-state index in [4.69, 9.17) is 28.4 Å². The maximum Gasteiger partial charge on any atom is 0.302 e. The lowest BCUT2D eigenvalue weighted by molar-refractivity contribution is -0.366. The molecular weight excluding hydrogens is 464 g/mol. The number of ether oxygens (including phenoxy) is 6. The molecule has 0 aromatic rings. The molecule has 11 heteroatoms. The Kier molecular flexibility index (Phi) is 10.9. The van der Waals surface area contributed by atoms with Crippen molar-refractivity contribution >= 4 is 5.97 Å². The second kappa shape index (κ2) is 12.6. The van der Waals surface area contributed by atoms with Gasteiger partial charge in [0.05, 0.1) is 36.4 Å². The molecule has 2 aliphatic rings. The molecule has 0 aliphatic carbocycles. The van der Waals surface area contributed by atoms with E-state index in [0.717, 1.165) is 0 Å². The molecule has 206 valence electrons. The van der Waals surface area contributed by atoms with Crippen LogP contribution in [0.1, 0.15) is 59.3 Å². The van der Waals surface area contributed by atoms with Gasteiger partial charge in [-0.05, 0) is 12.8 Å². The Morgan fingerprint density at radius 3 is 2.23 bits per heavy atom. The van der Waals surface area contributed by atoms with E-state index >= 15 is 0 Å². The molecule has 2 aliphatic heterocycles. The van der Waals surface area contributed by atoms with Gasteiger partial charge in [-0.1, -0.05) is 13.8 Å². The topological polar surface area (TPSA) is 153 Å². The SMILES string of the molecule is COC1(OC)C[C@@H](C[C@]2(OC)O[C@H](C[C@@H](O)CCO)C[C@H](OC(C)=O)C2(C)C)O[C@@H]([C@@H](O)CO)C1. The maximum atomic E-state index is 11.9. The van der Waals surface area contributed by atoms with E-state index in [1.165, 1.54) is 28.3 Å². The molecule has 0 aromatic carbocycles. The molecule has 0 radical (unpaired) electrons. The van der Waals surface area contributed by atoms with Crippen LogP contribution in [-0.2, 0) is 33.2 Å². The predicted octanol–water partition coefficient (Wildman–Crippen LogP) is 0.489. The predicted molar refractivity (Wildman–Crippen MR) is 123 cm³/mol. The summed E-state index contributed by atoms with van der Waals surface area (Å²) >= 11 is 0. The van der Waals surface area contributed by atoms with Gasteiger partial charge in [0.2, 0.25) is 0 Å². The fraction of sp³-hybridized carbons (Fsp3) is 0.958. The third kappa shape index (κ3) is 6.91. The Morgan fingerprint density at radius 1 is 1.06 bits per heavy atom. The largest absolute Gasteiger partial charge is 0.462 e. The summed E-state index contributed by atoms with van der Waals surface area (Å²) in [5.74, 6) is -2.80. The highest BCUT2D eigenvalue weighted by Crippen LogP contribution is 2.51. The quantitative estimate of drug-likeness (QED) is 0.215. The normalized spacial score (nSPS) is 34.2. The van der Waals surface area contributed by atoms with E-state index in [9.17, 15) is 25.2 Å². The summed E-state index contributed by atoms with van der Waals surface area (Å²) in [6.07, 6.45) is -2.94. The molecule has 0 bridgehead atoms. The van der Waals surface area contributed by atoms with Crippen LogP contribution < -0.4 is 0 Å². The van der Waals surface area contributed by atoms with Gasteiger partial charge < -0.3 is 48.8 Å². The summed E-state index contributed by atoms with van der Waals surface area (Å²) in [7, 11) is 4.52. The molecule has 7 atom stereocenters. The van der Waals surface area contributed by atoms with Crippen LogP contribution in [0, 0.1) is 5.41 Å². The Labute approximate surface area is 207 Å². The van der Waals surface area contributed by atoms with Gasteiger partial charge >= 0.3 is 5.97 Å². The van der Waals surface area contributed by atoms with Gasteiger partial charge in [-0.2, -0.15) is 0 Å². The third-order valence-electron chi connectivity index (χ3n) is 7.53.